The summed E-state index contributed by atoms with van der Waals surface area (Å²) >= 11 is 2.36. The van der Waals surface area contributed by atoms with Crippen molar-refractivity contribution in [2.24, 2.45) is 0 Å². The van der Waals surface area contributed by atoms with Crippen molar-refractivity contribution in [3.05, 3.63) is 56.7 Å². The topological polar surface area (TPSA) is 30.9 Å². The van der Waals surface area contributed by atoms with Gasteiger partial charge >= 0.3 is 0 Å². The second-order valence-corrected chi connectivity index (χ2v) is 8.26. The molecule has 0 spiro atoms. The number of benzene rings is 2. The Kier molecular flexibility index (Phi) is 5.12. The molecule has 3 atom stereocenters. The first-order chi connectivity index (χ1) is 12.6. The zero-order chi connectivity index (χ0) is 18.3. The molecule has 0 radical (unpaired) electrons. The number of hydrogen-bond acceptors (Lipinski definition) is 4. The van der Waals surface area contributed by atoms with Gasteiger partial charge in [-0.15, -0.1) is 0 Å². The van der Waals surface area contributed by atoms with Gasteiger partial charge in [0.2, 0.25) is 0 Å². The first kappa shape index (κ1) is 18.1. The molecule has 2 heterocycles. The maximum atomic E-state index is 6.66. The van der Waals surface area contributed by atoms with E-state index in [4.69, 9.17) is 14.2 Å². The minimum atomic E-state index is -0.0766. The average molecular weight is 465 g/mol. The summed E-state index contributed by atoms with van der Waals surface area (Å²) in [6, 6.07) is 13.1. The molecule has 138 valence electrons. The molecule has 0 N–H and O–H groups in total. The van der Waals surface area contributed by atoms with Crippen molar-refractivity contribution in [3.8, 4) is 11.5 Å². The summed E-state index contributed by atoms with van der Waals surface area (Å²) in [7, 11) is 5.57. The lowest BCUT2D eigenvalue weighted by Crippen LogP contribution is -2.44. The Balaban J connectivity index is 1.89. The number of likely N-dealkylation sites (N-methyl/N-ethyl adjacent to an activating group) is 1. The third-order valence-corrected chi connectivity index (χ3v) is 6.15. The Hall–Kier alpha value is -1.31. The Labute approximate surface area is 168 Å². The highest BCUT2D eigenvalue weighted by Gasteiger charge is 2.41. The second-order valence-electron chi connectivity index (χ2n) is 7.01. The smallest absolute Gasteiger partial charge is 0.161 e. The van der Waals surface area contributed by atoms with E-state index in [1.807, 2.05) is 0 Å². The molecule has 0 amide bonds. The summed E-state index contributed by atoms with van der Waals surface area (Å²) in [6.07, 6.45) is 2.37. The maximum absolute atomic E-state index is 6.66. The van der Waals surface area contributed by atoms with Gasteiger partial charge in [-0.05, 0) is 90.0 Å². The van der Waals surface area contributed by atoms with Gasteiger partial charge in [0, 0.05) is 3.57 Å². The highest BCUT2D eigenvalue weighted by atomic mass is 127. The lowest BCUT2D eigenvalue weighted by molar-refractivity contribution is -0.0793. The quantitative estimate of drug-likeness (QED) is 0.622. The lowest BCUT2D eigenvalue weighted by atomic mass is 9.83. The molecule has 0 bridgehead atoms. The third kappa shape index (κ3) is 3.10. The van der Waals surface area contributed by atoms with Gasteiger partial charge < -0.3 is 14.2 Å². The fourth-order valence-electron chi connectivity index (χ4n) is 4.27. The van der Waals surface area contributed by atoms with Gasteiger partial charge in [0.1, 0.15) is 6.10 Å². The largest absolute Gasteiger partial charge is 0.493 e. The van der Waals surface area contributed by atoms with Crippen LogP contribution in [0, 0.1) is 3.57 Å². The first-order valence-corrected chi connectivity index (χ1v) is 10.1. The molecule has 0 saturated carbocycles. The number of methoxy groups -OCH3 is 2. The molecule has 4 nitrogen and oxygen atoms in total. The molecule has 0 aromatic heterocycles. The minimum Gasteiger partial charge on any atom is -0.493 e. The Morgan fingerprint density at radius 3 is 2.50 bits per heavy atom. The number of nitrogens with zero attached hydrogens (tertiary/aromatic N) is 1. The van der Waals surface area contributed by atoms with Crippen LogP contribution in [0.4, 0.5) is 0 Å². The highest BCUT2D eigenvalue weighted by Crippen LogP contribution is 2.48. The number of piperidine rings is 1. The van der Waals surface area contributed by atoms with E-state index in [0.717, 1.165) is 24.5 Å². The van der Waals surface area contributed by atoms with Gasteiger partial charge in [0.25, 0.3) is 0 Å². The van der Waals surface area contributed by atoms with E-state index in [2.05, 4.69) is 70.9 Å². The molecule has 1 saturated heterocycles. The van der Waals surface area contributed by atoms with Crippen molar-refractivity contribution in [1.29, 1.82) is 0 Å². The predicted molar refractivity (Wildman–Crippen MR) is 110 cm³/mol. The van der Waals surface area contributed by atoms with Crippen LogP contribution in [0.5, 0.6) is 11.5 Å². The monoisotopic (exact) mass is 465 g/mol. The van der Waals surface area contributed by atoms with E-state index in [-0.39, 0.29) is 18.2 Å². The molecular formula is C21H24INO3. The molecule has 4 rings (SSSR count). The van der Waals surface area contributed by atoms with Gasteiger partial charge in [-0.2, -0.15) is 0 Å². The first-order valence-electron chi connectivity index (χ1n) is 8.99. The average Bonchev–Trinajstić information content (AvgIpc) is 2.66. The molecule has 5 heteroatoms. The van der Waals surface area contributed by atoms with Gasteiger partial charge in [0.15, 0.2) is 11.5 Å². The molecule has 2 aromatic rings. The maximum Gasteiger partial charge on any atom is 0.161 e. The van der Waals surface area contributed by atoms with Crippen molar-refractivity contribution in [1.82, 2.24) is 4.90 Å². The number of ether oxygens (including phenoxy) is 3. The molecule has 0 aliphatic carbocycles. The van der Waals surface area contributed by atoms with E-state index < -0.39 is 0 Å². The third-order valence-electron chi connectivity index (χ3n) is 5.48. The van der Waals surface area contributed by atoms with Crippen LogP contribution in [0.15, 0.2) is 36.4 Å². The van der Waals surface area contributed by atoms with Crippen LogP contribution in [0.3, 0.4) is 0 Å². The fraction of sp³-hybridized carbons (Fsp3) is 0.429. The van der Waals surface area contributed by atoms with Gasteiger partial charge in [-0.1, -0.05) is 12.1 Å². The summed E-state index contributed by atoms with van der Waals surface area (Å²) < 4.78 is 19.0. The summed E-state index contributed by atoms with van der Waals surface area (Å²) in [4.78, 5) is 2.41. The molecule has 2 aliphatic rings. The SMILES string of the molecule is COc1cc2c(cc1OC)[C@H]1[C@H](CCCN1C)OC2c1cccc(I)c1. The number of hydrogen-bond donors (Lipinski definition) is 0. The van der Waals surface area contributed by atoms with Gasteiger partial charge in [0.05, 0.1) is 26.4 Å². The molecule has 2 aromatic carbocycles. The van der Waals surface area contributed by atoms with Crippen molar-refractivity contribution in [3.63, 3.8) is 0 Å². The predicted octanol–water partition coefficient (Wildman–Crippen LogP) is 4.56. The molecule has 1 unspecified atom stereocenters. The van der Waals surface area contributed by atoms with Crippen molar-refractivity contribution >= 4 is 22.6 Å². The number of fused-ring (bicyclic) bond motifs is 3. The Morgan fingerprint density at radius 1 is 1.08 bits per heavy atom. The van der Waals surface area contributed by atoms with Gasteiger partial charge in [-0.3, -0.25) is 4.90 Å². The fourth-order valence-corrected chi connectivity index (χ4v) is 4.84. The number of likely N-dealkylation sites (tertiary alicyclic amines) is 1. The molecule has 2 aliphatic heterocycles. The minimum absolute atomic E-state index is 0.0766. The molecule has 1 fully saturated rings. The summed E-state index contributed by atoms with van der Waals surface area (Å²) in [6.45, 7) is 1.09. The van der Waals surface area contributed by atoms with Crippen LogP contribution in [-0.4, -0.2) is 38.8 Å². The van der Waals surface area contributed by atoms with Crippen molar-refractivity contribution in [2.75, 3.05) is 27.8 Å². The summed E-state index contributed by atoms with van der Waals surface area (Å²) in [5.41, 5.74) is 3.67. The van der Waals surface area contributed by atoms with Crippen LogP contribution in [0.2, 0.25) is 0 Å². The summed E-state index contributed by atoms with van der Waals surface area (Å²) in [5.74, 6) is 1.54. The van der Waals surface area contributed by atoms with Crippen LogP contribution in [0.25, 0.3) is 0 Å². The van der Waals surface area contributed by atoms with Crippen molar-refractivity contribution in [2.45, 2.75) is 31.1 Å². The lowest BCUT2D eigenvalue weighted by Gasteiger charge is -2.46. The van der Waals surface area contributed by atoms with E-state index in [1.54, 1.807) is 14.2 Å². The summed E-state index contributed by atoms with van der Waals surface area (Å²) in [5, 5.41) is 0. The van der Waals surface area contributed by atoms with E-state index in [0.29, 0.717) is 0 Å². The normalized spacial score (nSPS) is 25.3. The van der Waals surface area contributed by atoms with E-state index in [9.17, 15) is 0 Å². The molecular weight excluding hydrogens is 441 g/mol. The van der Waals surface area contributed by atoms with Crippen LogP contribution < -0.4 is 9.47 Å². The second kappa shape index (κ2) is 7.37. The zero-order valence-corrected chi connectivity index (χ0v) is 17.5. The highest BCUT2D eigenvalue weighted by molar-refractivity contribution is 14.1. The standard InChI is InChI=1S/C21H24INO3/c1-23-9-5-8-17-20(23)15-11-18(24-2)19(25-3)12-16(15)21(26-17)13-6-4-7-14(22)10-13/h4,6-7,10-12,17,20-21H,5,8-9H2,1-3H3/t17-,20-,21?/m0/s1. The van der Waals surface area contributed by atoms with Crippen LogP contribution in [-0.2, 0) is 4.74 Å². The molecule has 26 heavy (non-hydrogen) atoms. The van der Waals surface area contributed by atoms with Crippen LogP contribution >= 0.6 is 22.6 Å². The Bertz CT molecular complexity index is 810. The van der Waals surface area contributed by atoms with Crippen molar-refractivity contribution < 1.29 is 14.2 Å². The van der Waals surface area contributed by atoms with E-state index in [1.165, 1.54) is 26.7 Å². The van der Waals surface area contributed by atoms with Gasteiger partial charge in [-0.25, -0.2) is 0 Å². The Morgan fingerprint density at radius 2 is 1.81 bits per heavy atom. The zero-order valence-electron chi connectivity index (χ0n) is 15.4. The number of rotatable bonds is 3. The van der Waals surface area contributed by atoms with Crippen LogP contribution in [0.1, 0.15) is 41.7 Å². The number of halogens is 1. The van der Waals surface area contributed by atoms with E-state index >= 15 is 0 Å².